The number of hydrogen-bond donors (Lipinski definition) is 2. The molecule has 1 saturated heterocycles. The second-order valence-corrected chi connectivity index (χ2v) is 8.49. The van der Waals surface area contributed by atoms with Crippen molar-refractivity contribution in [3.05, 3.63) is 24.3 Å². The largest absolute Gasteiger partial charge is 0.488 e. The monoisotopic (exact) mass is 343 g/mol. The fraction of sp³-hybridized carbons (Fsp3) is 0.714. The Hall–Kier alpha value is -1.26. The molecule has 4 heteroatoms. The topological polar surface area (TPSA) is 50.7 Å². The molecule has 1 aromatic carbocycles. The standard InChI is InChI=1S/C21H29NO3/c23-17-4-1-2-5-18(17)25-15-8-6-14(7-9-15)22-19-16-10-13-24-20(16)21(19)11-3-12-21/h6-9,16-20,22-23H,1-5,10-13H2. The average molecular weight is 343 g/mol. The van der Waals surface area contributed by atoms with E-state index >= 15 is 0 Å². The van der Waals surface area contributed by atoms with E-state index in [0.29, 0.717) is 23.5 Å². The number of aliphatic hydroxyl groups excluding tert-OH is 1. The first kappa shape index (κ1) is 16.0. The van der Waals surface area contributed by atoms with Gasteiger partial charge in [0.05, 0.1) is 12.2 Å². The Labute approximate surface area is 149 Å². The molecule has 5 atom stereocenters. The predicted octanol–water partition coefficient (Wildman–Crippen LogP) is 3.74. The third-order valence-electron chi connectivity index (χ3n) is 7.17. The van der Waals surface area contributed by atoms with E-state index in [1.807, 2.05) is 12.1 Å². The minimum atomic E-state index is -0.320. The van der Waals surface area contributed by atoms with Gasteiger partial charge in [0, 0.05) is 29.7 Å². The first-order valence-corrected chi connectivity index (χ1v) is 10.1. The van der Waals surface area contributed by atoms with Crippen molar-refractivity contribution in [2.75, 3.05) is 11.9 Å². The molecule has 2 N–H and O–H groups in total. The minimum Gasteiger partial charge on any atom is -0.488 e. The van der Waals surface area contributed by atoms with E-state index in [1.165, 1.54) is 31.4 Å². The van der Waals surface area contributed by atoms with E-state index in [9.17, 15) is 5.11 Å². The third kappa shape index (κ3) is 2.57. The van der Waals surface area contributed by atoms with Crippen molar-refractivity contribution in [2.24, 2.45) is 11.3 Å². The molecule has 0 amide bonds. The van der Waals surface area contributed by atoms with Crippen molar-refractivity contribution in [2.45, 2.75) is 75.7 Å². The summed E-state index contributed by atoms with van der Waals surface area (Å²) < 4.78 is 12.0. The van der Waals surface area contributed by atoms with Gasteiger partial charge in [0.1, 0.15) is 11.9 Å². The van der Waals surface area contributed by atoms with Crippen LogP contribution in [0.25, 0.3) is 0 Å². The predicted molar refractivity (Wildman–Crippen MR) is 96.9 cm³/mol. The Kier molecular flexibility index (Phi) is 3.94. The van der Waals surface area contributed by atoms with Gasteiger partial charge >= 0.3 is 0 Å². The number of fused-ring (bicyclic) bond motifs is 2. The minimum absolute atomic E-state index is 0.0474. The summed E-state index contributed by atoms with van der Waals surface area (Å²) in [4.78, 5) is 0. The number of nitrogens with one attached hydrogen (secondary N) is 1. The van der Waals surface area contributed by atoms with Crippen LogP contribution < -0.4 is 10.1 Å². The Morgan fingerprint density at radius 1 is 1.04 bits per heavy atom. The number of hydrogen-bond acceptors (Lipinski definition) is 4. The van der Waals surface area contributed by atoms with Gasteiger partial charge in [-0.05, 0) is 62.8 Å². The van der Waals surface area contributed by atoms with Crippen molar-refractivity contribution in [1.29, 1.82) is 0 Å². The lowest BCUT2D eigenvalue weighted by Crippen LogP contribution is -2.68. The number of aliphatic hydroxyl groups is 1. The maximum absolute atomic E-state index is 10.1. The quantitative estimate of drug-likeness (QED) is 0.874. The highest BCUT2D eigenvalue weighted by Gasteiger charge is 2.66. The van der Waals surface area contributed by atoms with Gasteiger partial charge in [-0.1, -0.05) is 12.8 Å². The molecule has 136 valence electrons. The molecule has 1 spiro atoms. The molecule has 4 aliphatic rings. The van der Waals surface area contributed by atoms with Crippen molar-refractivity contribution < 1.29 is 14.6 Å². The van der Waals surface area contributed by atoms with Gasteiger partial charge in [-0.25, -0.2) is 0 Å². The lowest BCUT2D eigenvalue weighted by atomic mass is 9.46. The molecule has 3 aliphatic carbocycles. The maximum Gasteiger partial charge on any atom is 0.124 e. The van der Waals surface area contributed by atoms with E-state index in [1.54, 1.807) is 0 Å². The lowest BCUT2D eigenvalue weighted by molar-refractivity contribution is -0.158. The number of benzene rings is 1. The zero-order valence-electron chi connectivity index (χ0n) is 14.8. The van der Waals surface area contributed by atoms with Crippen LogP contribution in [0, 0.1) is 11.3 Å². The van der Waals surface area contributed by atoms with Gasteiger partial charge in [-0.15, -0.1) is 0 Å². The smallest absolute Gasteiger partial charge is 0.124 e. The molecule has 5 rings (SSSR count). The van der Waals surface area contributed by atoms with Gasteiger partial charge in [0.25, 0.3) is 0 Å². The van der Waals surface area contributed by atoms with Crippen LogP contribution in [-0.2, 0) is 4.74 Å². The second kappa shape index (κ2) is 6.17. The normalized spacial score (nSPS) is 38.5. The summed E-state index contributed by atoms with van der Waals surface area (Å²) in [5, 5.41) is 13.9. The summed E-state index contributed by atoms with van der Waals surface area (Å²) in [5.41, 5.74) is 1.58. The van der Waals surface area contributed by atoms with Crippen LogP contribution in [0.4, 0.5) is 5.69 Å². The number of rotatable bonds is 4. The van der Waals surface area contributed by atoms with Gasteiger partial charge in [0.15, 0.2) is 0 Å². The summed E-state index contributed by atoms with van der Waals surface area (Å²) >= 11 is 0. The number of ether oxygens (including phenoxy) is 2. The lowest BCUT2D eigenvalue weighted by Gasteiger charge is -2.63. The van der Waals surface area contributed by atoms with Crippen LogP contribution in [0.1, 0.15) is 51.4 Å². The first-order chi connectivity index (χ1) is 12.3. The van der Waals surface area contributed by atoms with Gasteiger partial charge < -0.3 is 19.9 Å². The van der Waals surface area contributed by atoms with Crippen LogP contribution in [0.2, 0.25) is 0 Å². The molecule has 1 aromatic rings. The Bertz CT molecular complexity index is 612. The molecule has 4 fully saturated rings. The molecule has 3 saturated carbocycles. The summed E-state index contributed by atoms with van der Waals surface area (Å²) in [6.45, 7) is 0.936. The van der Waals surface area contributed by atoms with Crippen molar-refractivity contribution >= 4 is 5.69 Å². The fourth-order valence-electron chi connectivity index (χ4n) is 5.65. The molecular weight excluding hydrogens is 314 g/mol. The highest BCUT2D eigenvalue weighted by molar-refractivity contribution is 5.49. The summed E-state index contributed by atoms with van der Waals surface area (Å²) in [7, 11) is 0. The van der Waals surface area contributed by atoms with Crippen LogP contribution in [0.5, 0.6) is 5.75 Å². The van der Waals surface area contributed by atoms with Crippen molar-refractivity contribution in [3.8, 4) is 5.75 Å². The third-order valence-corrected chi connectivity index (χ3v) is 7.17. The van der Waals surface area contributed by atoms with E-state index in [2.05, 4.69) is 17.4 Å². The van der Waals surface area contributed by atoms with E-state index in [-0.39, 0.29) is 12.2 Å². The van der Waals surface area contributed by atoms with Gasteiger partial charge in [-0.3, -0.25) is 0 Å². The molecule has 1 heterocycles. The number of anilines is 1. The second-order valence-electron chi connectivity index (χ2n) is 8.49. The van der Waals surface area contributed by atoms with E-state index in [0.717, 1.165) is 38.0 Å². The van der Waals surface area contributed by atoms with Crippen LogP contribution in [-0.4, -0.2) is 36.1 Å². The summed E-state index contributed by atoms with van der Waals surface area (Å²) in [6.07, 6.45) is 9.38. The molecule has 4 nitrogen and oxygen atoms in total. The first-order valence-electron chi connectivity index (χ1n) is 10.1. The van der Waals surface area contributed by atoms with Gasteiger partial charge in [-0.2, -0.15) is 0 Å². The Morgan fingerprint density at radius 2 is 1.84 bits per heavy atom. The summed E-state index contributed by atoms with van der Waals surface area (Å²) in [5.74, 6) is 1.55. The van der Waals surface area contributed by atoms with Crippen LogP contribution in [0.3, 0.4) is 0 Å². The van der Waals surface area contributed by atoms with Crippen molar-refractivity contribution in [3.63, 3.8) is 0 Å². The highest BCUT2D eigenvalue weighted by Crippen LogP contribution is 2.63. The molecule has 0 radical (unpaired) electrons. The molecule has 0 aromatic heterocycles. The van der Waals surface area contributed by atoms with Crippen molar-refractivity contribution in [1.82, 2.24) is 0 Å². The van der Waals surface area contributed by atoms with E-state index < -0.39 is 0 Å². The Morgan fingerprint density at radius 3 is 2.56 bits per heavy atom. The van der Waals surface area contributed by atoms with E-state index in [4.69, 9.17) is 9.47 Å². The Balaban J connectivity index is 1.23. The van der Waals surface area contributed by atoms with Crippen LogP contribution >= 0.6 is 0 Å². The molecular formula is C21H29NO3. The SMILES string of the molecule is OC1CCCCC1Oc1ccc(NC2C3CCOC3C23CCC3)cc1. The summed E-state index contributed by atoms with van der Waals surface area (Å²) in [6, 6.07) is 8.90. The zero-order chi connectivity index (χ0) is 16.9. The molecule has 5 unspecified atom stereocenters. The molecule has 25 heavy (non-hydrogen) atoms. The average Bonchev–Trinajstić information content (AvgIpc) is 3.00. The zero-order valence-corrected chi connectivity index (χ0v) is 14.8. The maximum atomic E-state index is 10.1. The highest BCUT2D eigenvalue weighted by atomic mass is 16.5. The van der Waals surface area contributed by atoms with Gasteiger partial charge in [0.2, 0.25) is 0 Å². The molecule has 0 bridgehead atoms. The fourth-order valence-corrected chi connectivity index (χ4v) is 5.65. The molecule has 1 aliphatic heterocycles. The van der Waals surface area contributed by atoms with Crippen LogP contribution in [0.15, 0.2) is 24.3 Å².